The summed E-state index contributed by atoms with van der Waals surface area (Å²) in [5.41, 5.74) is 3.42. The van der Waals surface area contributed by atoms with Gasteiger partial charge < -0.3 is 4.74 Å². The number of nitrogens with one attached hydrogen (secondary N) is 1. The number of halogens is 2. The van der Waals surface area contributed by atoms with Gasteiger partial charge in [-0.15, -0.1) is 0 Å². The highest BCUT2D eigenvalue weighted by atomic mass is 35.5. The van der Waals surface area contributed by atoms with Gasteiger partial charge in [0.2, 0.25) is 0 Å². The van der Waals surface area contributed by atoms with E-state index in [0.29, 0.717) is 16.5 Å². The Labute approximate surface area is 124 Å². The van der Waals surface area contributed by atoms with Crippen LogP contribution in [0.1, 0.15) is 43.7 Å². The number of rotatable bonds is 5. The monoisotopic (exact) mass is 300 g/mol. The quantitative estimate of drug-likeness (QED) is 0.645. The van der Waals surface area contributed by atoms with Crippen molar-refractivity contribution in [2.45, 2.75) is 44.2 Å². The van der Waals surface area contributed by atoms with Gasteiger partial charge in [0.25, 0.3) is 0 Å². The highest BCUT2D eigenvalue weighted by molar-refractivity contribution is 6.31. The van der Waals surface area contributed by atoms with Crippen LogP contribution in [0.2, 0.25) is 5.02 Å². The molecular formula is C15H22ClFN2O. The molecule has 0 aromatic heterocycles. The summed E-state index contributed by atoms with van der Waals surface area (Å²) in [6.45, 7) is 0. The first-order chi connectivity index (χ1) is 9.67. The molecule has 1 aliphatic rings. The molecule has 0 bridgehead atoms. The molecule has 0 saturated heterocycles. The molecule has 1 aliphatic carbocycles. The van der Waals surface area contributed by atoms with E-state index >= 15 is 0 Å². The topological polar surface area (TPSA) is 47.3 Å². The van der Waals surface area contributed by atoms with E-state index in [1.54, 1.807) is 13.2 Å². The normalized spacial score (nSPS) is 19.8. The highest BCUT2D eigenvalue weighted by Crippen LogP contribution is 2.36. The summed E-state index contributed by atoms with van der Waals surface area (Å²) in [6.07, 6.45) is 5.82. The smallest absolute Gasteiger partial charge is 0.123 e. The van der Waals surface area contributed by atoms with Crippen LogP contribution in [0.4, 0.5) is 4.39 Å². The Morgan fingerprint density at radius 3 is 2.65 bits per heavy atom. The van der Waals surface area contributed by atoms with Crippen molar-refractivity contribution in [2.75, 3.05) is 7.11 Å². The van der Waals surface area contributed by atoms with Gasteiger partial charge in [-0.1, -0.05) is 30.9 Å². The molecule has 0 heterocycles. The van der Waals surface area contributed by atoms with Crippen molar-refractivity contribution >= 4 is 11.6 Å². The molecule has 0 aliphatic heterocycles. The van der Waals surface area contributed by atoms with E-state index in [9.17, 15) is 4.39 Å². The predicted molar refractivity (Wildman–Crippen MR) is 78.8 cm³/mol. The third-order valence-electron chi connectivity index (χ3n) is 4.19. The Kier molecular flexibility index (Phi) is 5.78. The second-order valence-corrected chi connectivity index (χ2v) is 5.82. The molecule has 1 aromatic carbocycles. The Hall–Kier alpha value is -0.680. The molecule has 5 heteroatoms. The van der Waals surface area contributed by atoms with Crippen molar-refractivity contribution < 1.29 is 9.13 Å². The minimum atomic E-state index is -0.317. The fraction of sp³-hybridized carbons (Fsp3) is 0.600. The lowest BCUT2D eigenvalue weighted by Crippen LogP contribution is -2.42. The summed E-state index contributed by atoms with van der Waals surface area (Å²) in [5.74, 6) is 5.80. The van der Waals surface area contributed by atoms with Crippen molar-refractivity contribution in [3.63, 3.8) is 0 Å². The van der Waals surface area contributed by atoms with Crippen molar-refractivity contribution in [2.24, 2.45) is 11.8 Å². The second kappa shape index (κ2) is 7.36. The Morgan fingerprint density at radius 1 is 1.35 bits per heavy atom. The van der Waals surface area contributed by atoms with Gasteiger partial charge in [-0.3, -0.25) is 11.3 Å². The van der Waals surface area contributed by atoms with Crippen molar-refractivity contribution in [3.05, 3.63) is 34.6 Å². The van der Waals surface area contributed by atoms with Crippen LogP contribution in [-0.2, 0) is 4.74 Å². The van der Waals surface area contributed by atoms with Gasteiger partial charge in [-0.25, -0.2) is 4.39 Å². The maximum absolute atomic E-state index is 13.5. The molecule has 112 valence electrons. The fourth-order valence-electron chi connectivity index (χ4n) is 3.18. The molecule has 0 spiro atoms. The number of hydrogen-bond donors (Lipinski definition) is 2. The summed E-state index contributed by atoms with van der Waals surface area (Å²) in [7, 11) is 1.68. The molecule has 1 fully saturated rings. The molecule has 1 saturated carbocycles. The summed E-state index contributed by atoms with van der Waals surface area (Å²) in [4.78, 5) is 0. The van der Waals surface area contributed by atoms with Gasteiger partial charge in [-0.05, 0) is 42.5 Å². The van der Waals surface area contributed by atoms with Gasteiger partial charge in [0.1, 0.15) is 5.82 Å². The maximum Gasteiger partial charge on any atom is 0.123 e. The zero-order valence-electron chi connectivity index (χ0n) is 11.7. The van der Waals surface area contributed by atoms with Gasteiger partial charge in [0.15, 0.2) is 0 Å². The first kappa shape index (κ1) is 15.7. The van der Waals surface area contributed by atoms with Gasteiger partial charge in [0, 0.05) is 12.1 Å². The highest BCUT2D eigenvalue weighted by Gasteiger charge is 2.32. The summed E-state index contributed by atoms with van der Waals surface area (Å²) >= 11 is 6.19. The second-order valence-electron chi connectivity index (χ2n) is 5.41. The number of hydrogen-bond acceptors (Lipinski definition) is 3. The van der Waals surface area contributed by atoms with Crippen molar-refractivity contribution in [1.29, 1.82) is 0 Å². The van der Waals surface area contributed by atoms with Crippen LogP contribution in [0, 0.1) is 11.7 Å². The molecule has 20 heavy (non-hydrogen) atoms. The molecule has 3 nitrogen and oxygen atoms in total. The molecule has 2 rings (SSSR count). The predicted octanol–water partition coefficient (Wildman–Crippen LogP) is 3.58. The SMILES string of the molecule is COC(C1CCCCC1)C(NN)c1cc(F)ccc1Cl. The number of benzene rings is 1. The Balaban J connectivity index is 2.26. The van der Waals surface area contributed by atoms with Crippen LogP contribution in [0.5, 0.6) is 0 Å². The summed E-state index contributed by atoms with van der Waals surface area (Å²) < 4.78 is 19.2. The van der Waals surface area contributed by atoms with Crippen LogP contribution >= 0.6 is 11.6 Å². The number of nitrogens with two attached hydrogens (primary N) is 1. The average Bonchev–Trinajstić information content (AvgIpc) is 2.48. The summed E-state index contributed by atoms with van der Waals surface area (Å²) in [6, 6.07) is 4.04. The van der Waals surface area contributed by atoms with E-state index in [4.69, 9.17) is 22.2 Å². The lowest BCUT2D eigenvalue weighted by molar-refractivity contribution is 0.00746. The third-order valence-corrected chi connectivity index (χ3v) is 4.53. The lowest BCUT2D eigenvalue weighted by atomic mass is 9.81. The third kappa shape index (κ3) is 3.50. The van der Waals surface area contributed by atoms with E-state index in [1.165, 1.54) is 31.4 Å². The lowest BCUT2D eigenvalue weighted by Gasteiger charge is -2.35. The van der Waals surface area contributed by atoms with Gasteiger partial charge >= 0.3 is 0 Å². The molecule has 2 atom stereocenters. The minimum absolute atomic E-state index is 0.0976. The van der Waals surface area contributed by atoms with E-state index in [1.807, 2.05) is 0 Å². The molecular weight excluding hydrogens is 279 g/mol. The standard InChI is InChI=1S/C15H22ClFN2O/c1-20-15(10-5-3-2-4-6-10)14(19-18)12-9-11(17)7-8-13(12)16/h7-10,14-15,19H,2-6,18H2,1H3. The van der Waals surface area contributed by atoms with Crippen LogP contribution in [0.15, 0.2) is 18.2 Å². The zero-order chi connectivity index (χ0) is 14.5. The summed E-state index contributed by atoms with van der Waals surface area (Å²) in [5, 5.41) is 0.507. The first-order valence-corrected chi connectivity index (χ1v) is 7.49. The number of methoxy groups -OCH3 is 1. The van der Waals surface area contributed by atoms with Crippen molar-refractivity contribution in [1.82, 2.24) is 5.43 Å². The van der Waals surface area contributed by atoms with E-state index in [0.717, 1.165) is 12.8 Å². The van der Waals surface area contributed by atoms with Crippen LogP contribution in [0.25, 0.3) is 0 Å². The molecule has 0 amide bonds. The number of ether oxygens (including phenoxy) is 1. The molecule has 0 radical (unpaired) electrons. The Morgan fingerprint density at radius 2 is 2.05 bits per heavy atom. The van der Waals surface area contributed by atoms with Crippen molar-refractivity contribution in [3.8, 4) is 0 Å². The fourth-order valence-corrected chi connectivity index (χ4v) is 3.41. The van der Waals surface area contributed by atoms with Crippen LogP contribution < -0.4 is 11.3 Å². The average molecular weight is 301 g/mol. The molecule has 1 aromatic rings. The van der Waals surface area contributed by atoms with Crippen LogP contribution in [0.3, 0.4) is 0 Å². The van der Waals surface area contributed by atoms with E-state index in [2.05, 4.69) is 5.43 Å². The Bertz CT molecular complexity index is 438. The van der Waals surface area contributed by atoms with Crippen LogP contribution in [-0.4, -0.2) is 13.2 Å². The maximum atomic E-state index is 13.5. The number of hydrazine groups is 1. The van der Waals surface area contributed by atoms with E-state index in [-0.39, 0.29) is 18.0 Å². The van der Waals surface area contributed by atoms with Gasteiger partial charge in [0.05, 0.1) is 12.1 Å². The minimum Gasteiger partial charge on any atom is -0.379 e. The molecule has 2 unspecified atom stereocenters. The molecule has 3 N–H and O–H groups in total. The van der Waals surface area contributed by atoms with Gasteiger partial charge in [-0.2, -0.15) is 0 Å². The first-order valence-electron chi connectivity index (χ1n) is 7.11. The largest absolute Gasteiger partial charge is 0.379 e. The zero-order valence-corrected chi connectivity index (χ0v) is 12.5. The van der Waals surface area contributed by atoms with E-state index < -0.39 is 0 Å².